The minimum absolute atomic E-state index is 0.690. The second-order valence-electron chi connectivity index (χ2n) is 6.70. The highest BCUT2D eigenvalue weighted by molar-refractivity contribution is 5.57. The van der Waals surface area contributed by atoms with Gasteiger partial charge in [0, 0.05) is 58.3 Å². The fourth-order valence-electron chi connectivity index (χ4n) is 3.28. The second kappa shape index (κ2) is 8.85. The molecule has 0 unspecified atom stereocenters. The maximum absolute atomic E-state index is 5.07. The first-order chi connectivity index (χ1) is 12.7. The van der Waals surface area contributed by atoms with Crippen LogP contribution in [-0.4, -0.2) is 56.4 Å². The molecule has 1 aromatic carbocycles. The lowest BCUT2D eigenvalue weighted by Crippen LogP contribution is -2.47. The van der Waals surface area contributed by atoms with Crippen LogP contribution in [0.1, 0.15) is 17.5 Å². The zero-order chi connectivity index (χ0) is 18.4. The predicted octanol–water partition coefficient (Wildman–Crippen LogP) is 2.87. The summed E-state index contributed by atoms with van der Waals surface area (Å²) in [5, 5.41) is 3.27. The molecule has 0 radical (unpaired) electrons. The summed E-state index contributed by atoms with van der Waals surface area (Å²) in [7, 11) is 1.72. The van der Waals surface area contributed by atoms with E-state index in [1.165, 1.54) is 16.8 Å². The number of piperazine rings is 1. The Hall–Kier alpha value is -2.34. The lowest BCUT2D eigenvalue weighted by atomic mass is 10.1. The van der Waals surface area contributed by atoms with Crippen LogP contribution in [0.5, 0.6) is 0 Å². The Morgan fingerprint density at radius 1 is 1.08 bits per heavy atom. The lowest BCUT2D eigenvalue weighted by Gasteiger charge is -2.37. The van der Waals surface area contributed by atoms with Crippen LogP contribution >= 0.6 is 0 Å². The Labute approximate surface area is 156 Å². The van der Waals surface area contributed by atoms with Crippen LogP contribution in [0.4, 0.5) is 17.5 Å². The molecule has 1 aliphatic heterocycles. The quantitative estimate of drug-likeness (QED) is 0.771. The van der Waals surface area contributed by atoms with Gasteiger partial charge in [0.1, 0.15) is 5.82 Å². The molecule has 2 heterocycles. The van der Waals surface area contributed by atoms with Crippen molar-refractivity contribution in [2.75, 3.05) is 61.6 Å². The van der Waals surface area contributed by atoms with E-state index in [0.717, 1.165) is 51.6 Å². The van der Waals surface area contributed by atoms with Gasteiger partial charge in [-0.2, -0.15) is 4.98 Å². The molecule has 0 aliphatic carbocycles. The van der Waals surface area contributed by atoms with Crippen LogP contribution in [0.15, 0.2) is 30.5 Å². The van der Waals surface area contributed by atoms with Crippen molar-refractivity contribution in [3.8, 4) is 0 Å². The number of nitrogens with zero attached hydrogens (tertiary/aromatic N) is 4. The topological polar surface area (TPSA) is 53.5 Å². The number of benzene rings is 1. The Morgan fingerprint density at radius 3 is 2.62 bits per heavy atom. The van der Waals surface area contributed by atoms with Crippen LogP contribution in [0.25, 0.3) is 0 Å². The standard InChI is InChI=1S/C20H29N5O/c1-16-6-4-7-18(17(16)2)24-11-13-25(14-12-24)19-8-10-22-20(23-19)21-9-5-15-26-3/h4,6-8,10H,5,9,11-15H2,1-3H3,(H,21,22,23). The summed E-state index contributed by atoms with van der Waals surface area (Å²) in [4.78, 5) is 13.8. The number of anilines is 3. The smallest absolute Gasteiger partial charge is 0.224 e. The van der Waals surface area contributed by atoms with Crippen LogP contribution in [0.3, 0.4) is 0 Å². The number of aromatic nitrogens is 2. The first-order valence-electron chi connectivity index (χ1n) is 9.31. The van der Waals surface area contributed by atoms with Crippen molar-refractivity contribution < 1.29 is 4.74 Å². The molecule has 0 atom stereocenters. The molecule has 1 fully saturated rings. The maximum Gasteiger partial charge on any atom is 0.224 e. The molecule has 1 N–H and O–H groups in total. The third-order valence-corrected chi connectivity index (χ3v) is 4.97. The Bertz CT molecular complexity index is 713. The van der Waals surface area contributed by atoms with Crippen molar-refractivity contribution in [2.45, 2.75) is 20.3 Å². The van der Waals surface area contributed by atoms with E-state index in [-0.39, 0.29) is 0 Å². The minimum atomic E-state index is 0.690. The first kappa shape index (κ1) is 18.5. The van der Waals surface area contributed by atoms with Gasteiger partial charge < -0.3 is 19.9 Å². The van der Waals surface area contributed by atoms with Gasteiger partial charge in [-0.3, -0.25) is 0 Å². The van der Waals surface area contributed by atoms with Crippen molar-refractivity contribution in [1.82, 2.24) is 9.97 Å². The molecule has 1 aromatic heterocycles. The summed E-state index contributed by atoms with van der Waals surface area (Å²) >= 11 is 0. The third kappa shape index (κ3) is 4.43. The average molecular weight is 355 g/mol. The molecular weight excluding hydrogens is 326 g/mol. The highest BCUT2D eigenvalue weighted by Crippen LogP contribution is 2.25. The summed E-state index contributed by atoms with van der Waals surface area (Å²) in [5.41, 5.74) is 4.09. The van der Waals surface area contributed by atoms with E-state index in [2.05, 4.69) is 57.1 Å². The number of hydrogen-bond donors (Lipinski definition) is 1. The highest BCUT2D eigenvalue weighted by atomic mass is 16.5. The molecule has 0 amide bonds. The highest BCUT2D eigenvalue weighted by Gasteiger charge is 2.20. The van der Waals surface area contributed by atoms with Gasteiger partial charge in [0.15, 0.2) is 0 Å². The molecule has 1 saturated heterocycles. The molecule has 26 heavy (non-hydrogen) atoms. The van der Waals surface area contributed by atoms with Gasteiger partial charge in [-0.05, 0) is 43.5 Å². The average Bonchev–Trinajstić information content (AvgIpc) is 2.68. The van der Waals surface area contributed by atoms with Crippen molar-refractivity contribution >= 4 is 17.5 Å². The van der Waals surface area contributed by atoms with E-state index in [1.54, 1.807) is 7.11 Å². The minimum Gasteiger partial charge on any atom is -0.385 e. The SMILES string of the molecule is COCCCNc1nccc(N2CCN(c3cccc(C)c3C)CC2)n1. The molecular formula is C20H29N5O. The normalized spacial score (nSPS) is 14.6. The molecule has 2 aromatic rings. The van der Waals surface area contributed by atoms with E-state index >= 15 is 0 Å². The van der Waals surface area contributed by atoms with E-state index in [1.807, 2.05) is 12.3 Å². The molecule has 6 heteroatoms. The number of ether oxygens (including phenoxy) is 1. The van der Waals surface area contributed by atoms with Crippen LogP contribution in [0.2, 0.25) is 0 Å². The van der Waals surface area contributed by atoms with Gasteiger partial charge in [0.25, 0.3) is 0 Å². The fraction of sp³-hybridized carbons (Fsp3) is 0.500. The van der Waals surface area contributed by atoms with Gasteiger partial charge in [-0.25, -0.2) is 4.98 Å². The van der Waals surface area contributed by atoms with Crippen molar-refractivity contribution in [1.29, 1.82) is 0 Å². The molecule has 6 nitrogen and oxygen atoms in total. The summed E-state index contributed by atoms with van der Waals surface area (Å²) in [6.07, 6.45) is 2.77. The number of aryl methyl sites for hydroxylation is 1. The van der Waals surface area contributed by atoms with Crippen LogP contribution in [0, 0.1) is 13.8 Å². The largest absolute Gasteiger partial charge is 0.385 e. The Morgan fingerprint density at radius 2 is 1.85 bits per heavy atom. The Balaban J connectivity index is 1.58. The molecule has 0 saturated carbocycles. The fourth-order valence-corrected chi connectivity index (χ4v) is 3.28. The van der Waals surface area contributed by atoms with Gasteiger partial charge in [-0.15, -0.1) is 0 Å². The van der Waals surface area contributed by atoms with E-state index in [0.29, 0.717) is 5.95 Å². The van der Waals surface area contributed by atoms with E-state index < -0.39 is 0 Å². The summed E-state index contributed by atoms with van der Waals surface area (Å²) in [6, 6.07) is 8.55. The summed E-state index contributed by atoms with van der Waals surface area (Å²) in [6.45, 7) is 9.89. The first-order valence-corrected chi connectivity index (χ1v) is 9.31. The monoisotopic (exact) mass is 355 g/mol. The summed E-state index contributed by atoms with van der Waals surface area (Å²) < 4.78 is 5.07. The number of methoxy groups -OCH3 is 1. The zero-order valence-corrected chi connectivity index (χ0v) is 16.0. The van der Waals surface area contributed by atoms with Gasteiger partial charge in [0.2, 0.25) is 5.95 Å². The lowest BCUT2D eigenvalue weighted by molar-refractivity contribution is 0.197. The van der Waals surface area contributed by atoms with Crippen molar-refractivity contribution in [2.24, 2.45) is 0 Å². The summed E-state index contributed by atoms with van der Waals surface area (Å²) in [5.74, 6) is 1.69. The second-order valence-corrected chi connectivity index (χ2v) is 6.70. The number of hydrogen-bond acceptors (Lipinski definition) is 6. The third-order valence-electron chi connectivity index (χ3n) is 4.97. The molecule has 1 aliphatic rings. The van der Waals surface area contributed by atoms with Crippen molar-refractivity contribution in [3.05, 3.63) is 41.6 Å². The predicted molar refractivity (Wildman–Crippen MR) is 107 cm³/mol. The molecule has 0 bridgehead atoms. The van der Waals surface area contributed by atoms with Gasteiger partial charge in [0.05, 0.1) is 0 Å². The molecule has 140 valence electrons. The maximum atomic E-state index is 5.07. The number of nitrogens with one attached hydrogen (secondary N) is 1. The number of rotatable bonds is 7. The van der Waals surface area contributed by atoms with E-state index in [9.17, 15) is 0 Å². The van der Waals surface area contributed by atoms with Crippen molar-refractivity contribution in [3.63, 3.8) is 0 Å². The van der Waals surface area contributed by atoms with Crippen LogP contribution in [-0.2, 0) is 4.74 Å². The molecule has 0 spiro atoms. The van der Waals surface area contributed by atoms with Gasteiger partial charge >= 0.3 is 0 Å². The Kier molecular flexibility index (Phi) is 6.28. The van der Waals surface area contributed by atoms with E-state index in [4.69, 9.17) is 4.74 Å². The van der Waals surface area contributed by atoms with Crippen LogP contribution < -0.4 is 15.1 Å². The van der Waals surface area contributed by atoms with Gasteiger partial charge in [-0.1, -0.05) is 12.1 Å². The zero-order valence-electron chi connectivity index (χ0n) is 16.0. The molecule has 3 rings (SSSR count).